The zero-order valence-corrected chi connectivity index (χ0v) is 12.2. The molecule has 15 heavy (non-hydrogen) atoms. The molecule has 2 unspecified atom stereocenters. The van der Waals surface area contributed by atoms with Crippen LogP contribution in [0.15, 0.2) is 25.3 Å². The quantitative estimate of drug-likeness (QED) is 0.573. The lowest BCUT2D eigenvalue weighted by Gasteiger charge is -2.12. The molecular weight excluding hydrogens is 320 g/mol. The molecule has 0 heterocycles. The van der Waals surface area contributed by atoms with Gasteiger partial charge in [-0.25, -0.2) is 0 Å². The molecule has 0 aromatic rings. The summed E-state index contributed by atoms with van der Waals surface area (Å²) >= 11 is 7.33. The Kier molecular flexibility index (Phi) is 4.24. The lowest BCUT2D eigenvalue weighted by molar-refractivity contribution is 0.135. The van der Waals surface area contributed by atoms with E-state index in [-0.39, 0.29) is 20.7 Å². The first-order chi connectivity index (χ1) is 6.91. The van der Waals surface area contributed by atoms with Crippen LogP contribution in [0.1, 0.15) is 26.2 Å². The predicted octanol–water partition coefficient (Wildman–Crippen LogP) is 4.01. The van der Waals surface area contributed by atoms with Gasteiger partial charge < -0.3 is 5.11 Å². The van der Waals surface area contributed by atoms with Crippen LogP contribution in [-0.4, -0.2) is 14.4 Å². The number of rotatable bonds is 6. The van der Waals surface area contributed by atoms with E-state index in [0.717, 1.165) is 12.8 Å². The van der Waals surface area contributed by atoms with Gasteiger partial charge in [-0.05, 0) is 19.3 Å². The van der Waals surface area contributed by atoms with E-state index in [1.165, 1.54) is 0 Å². The Morgan fingerprint density at radius 1 is 1.40 bits per heavy atom. The summed E-state index contributed by atoms with van der Waals surface area (Å²) in [6.45, 7) is 9.59. The molecule has 3 atom stereocenters. The van der Waals surface area contributed by atoms with Crippen LogP contribution in [-0.2, 0) is 0 Å². The Hall–Kier alpha value is 0.400. The van der Waals surface area contributed by atoms with E-state index in [9.17, 15) is 5.11 Å². The summed E-state index contributed by atoms with van der Waals surface area (Å²) in [6, 6.07) is 0. The van der Waals surface area contributed by atoms with Crippen molar-refractivity contribution in [1.82, 2.24) is 0 Å². The van der Waals surface area contributed by atoms with Gasteiger partial charge in [0, 0.05) is 11.3 Å². The molecule has 1 fully saturated rings. The lowest BCUT2D eigenvalue weighted by Crippen LogP contribution is -2.13. The van der Waals surface area contributed by atoms with Crippen molar-refractivity contribution in [2.75, 3.05) is 0 Å². The highest BCUT2D eigenvalue weighted by Crippen LogP contribution is 2.74. The normalized spacial score (nSPS) is 34.5. The van der Waals surface area contributed by atoms with E-state index < -0.39 is 0 Å². The molecule has 0 aromatic heterocycles. The zero-order valence-electron chi connectivity index (χ0n) is 9.05. The minimum absolute atomic E-state index is 0.101. The summed E-state index contributed by atoms with van der Waals surface area (Å²) in [4.78, 5) is 0. The number of halogens is 2. The summed E-state index contributed by atoms with van der Waals surface area (Å²) in [5.74, 6) is 0.239. The Morgan fingerprint density at radius 3 is 2.47 bits per heavy atom. The maximum absolute atomic E-state index is 10.0. The van der Waals surface area contributed by atoms with Gasteiger partial charge in [0.25, 0.3) is 0 Å². The monoisotopic (exact) mass is 336 g/mol. The number of hydrogen-bond acceptors (Lipinski definition) is 1. The topological polar surface area (TPSA) is 20.2 Å². The first-order valence-electron chi connectivity index (χ1n) is 5.19. The molecule has 0 aromatic carbocycles. The summed E-state index contributed by atoms with van der Waals surface area (Å²) in [6.07, 6.45) is 6.03. The van der Waals surface area contributed by atoms with E-state index in [0.29, 0.717) is 6.42 Å². The minimum atomic E-state index is -0.323. The molecule has 0 aliphatic heterocycles. The van der Waals surface area contributed by atoms with E-state index >= 15 is 0 Å². The van der Waals surface area contributed by atoms with Gasteiger partial charge in [-0.15, -0.1) is 13.2 Å². The van der Waals surface area contributed by atoms with Crippen molar-refractivity contribution in [3.63, 3.8) is 0 Å². The molecule has 1 rings (SSSR count). The number of allylic oxidation sites excluding steroid dienone is 1. The van der Waals surface area contributed by atoms with Crippen molar-refractivity contribution < 1.29 is 5.11 Å². The SMILES string of the molecule is C=CCCC1(C)C([C@H](O)CC=C)C1(Br)Br. The maximum Gasteiger partial charge on any atom is 0.0921 e. The average molecular weight is 338 g/mol. The zero-order chi connectivity index (χ0) is 11.7. The lowest BCUT2D eigenvalue weighted by atomic mass is 9.96. The summed E-state index contributed by atoms with van der Waals surface area (Å²) in [5, 5.41) is 10.0. The molecule has 0 spiro atoms. The van der Waals surface area contributed by atoms with Crippen molar-refractivity contribution in [3.8, 4) is 0 Å². The van der Waals surface area contributed by atoms with Gasteiger partial charge in [-0.2, -0.15) is 0 Å². The van der Waals surface area contributed by atoms with Gasteiger partial charge >= 0.3 is 0 Å². The van der Waals surface area contributed by atoms with Crippen molar-refractivity contribution in [2.24, 2.45) is 11.3 Å². The highest BCUT2D eigenvalue weighted by atomic mass is 79.9. The van der Waals surface area contributed by atoms with Crippen LogP contribution in [0.3, 0.4) is 0 Å². The first-order valence-corrected chi connectivity index (χ1v) is 6.78. The third kappa shape index (κ3) is 2.25. The van der Waals surface area contributed by atoms with Crippen molar-refractivity contribution in [2.45, 2.75) is 35.5 Å². The van der Waals surface area contributed by atoms with Crippen LogP contribution in [0.4, 0.5) is 0 Å². The highest BCUT2D eigenvalue weighted by Gasteiger charge is 2.72. The minimum Gasteiger partial charge on any atom is -0.392 e. The Balaban J connectivity index is 2.67. The first kappa shape index (κ1) is 13.5. The van der Waals surface area contributed by atoms with Crippen molar-refractivity contribution in [3.05, 3.63) is 25.3 Å². The average Bonchev–Trinajstić information content (AvgIpc) is 2.58. The van der Waals surface area contributed by atoms with Crippen LogP contribution in [0.5, 0.6) is 0 Å². The third-order valence-electron chi connectivity index (χ3n) is 3.42. The predicted molar refractivity (Wildman–Crippen MR) is 72.4 cm³/mol. The molecule has 1 aliphatic carbocycles. The molecule has 0 radical (unpaired) electrons. The number of alkyl halides is 2. The number of aliphatic hydroxyl groups excluding tert-OH is 1. The van der Waals surface area contributed by atoms with Gasteiger partial charge in [-0.3, -0.25) is 0 Å². The summed E-state index contributed by atoms with van der Waals surface area (Å²) in [5.41, 5.74) is 0.101. The van der Waals surface area contributed by atoms with Crippen LogP contribution in [0.25, 0.3) is 0 Å². The fraction of sp³-hybridized carbons (Fsp3) is 0.667. The van der Waals surface area contributed by atoms with Crippen molar-refractivity contribution in [1.29, 1.82) is 0 Å². The third-order valence-corrected chi connectivity index (χ3v) is 6.21. The summed E-state index contributed by atoms with van der Waals surface area (Å²) in [7, 11) is 0. The van der Waals surface area contributed by atoms with Crippen LogP contribution in [0.2, 0.25) is 0 Å². The second-order valence-corrected chi connectivity index (χ2v) is 8.00. The Morgan fingerprint density at radius 2 is 2.00 bits per heavy atom. The fourth-order valence-electron chi connectivity index (χ4n) is 2.31. The largest absolute Gasteiger partial charge is 0.392 e. The molecule has 1 aliphatic rings. The summed E-state index contributed by atoms with van der Waals surface area (Å²) < 4.78 is -0.127. The van der Waals surface area contributed by atoms with E-state index in [4.69, 9.17) is 0 Å². The molecule has 1 saturated carbocycles. The molecule has 0 amide bonds. The van der Waals surface area contributed by atoms with Crippen LogP contribution in [0, 0.1) is 11.3 Å². The second-order valence-electron chi connectivity index (χ2n) is 4.44. The van der Waals surface area contributed by atoms with Gasteiger partial charge in [0.1, 0.15) is 0 Å². The van der Waals surface area contributed by atoms with Gasteiger partial charge in [0.15, 0.2) is 0 Å². The molecule has 1 nitrogen and oxygen atoms in total. The standard InChI is InChI=1S/C12H18Br2O/c1-4-6-8-11(3)10(12(11,13)14)9(15)7-5-2/h4-5,9-10,15H,1-2,6-8H2,3H3/t9-,10?,11?/m1/s1. The maximum atomic E-state index is 10.0. The second kappa shape index (κ2) is 4.72. The Labute approximate surface area is 109 Å². The highest BCUT2D eigenvalue weighted by molar-refractivity contribution is 9.25. The van der Waals surface area contributed by atoms with Gasteiger partial charge in [-0.1, -0.05) is 50.9 Å². The smallest absolute Gasteiger partial charge is 0.0921 e. The molecule has 86 valence electrons. The Bertz CT molecular complexity index is 262. The van der Waals surface area contributed by atoms with E-state index in [2.05, 4.69) is 51.9 Å². The van der Waals surface area contributed by atoms with E-state index in [1.54, 1.807) is 6.08 Å². The fourth-order valence-corrected chi connectivity index (χ4v) is 4.60. The van der Waals surface area contributed by atoms with Crippen LogP contribution < -0.4 is 0 Å². The molecule has 0 saturated heterocycles. The number of hydrogen-bond donors (Lipinski definition) is 1. The van der Waals surface area contributed by atoms with Crippen molar-refractivity contribution >= 4 is 31.9 Å². The van der Waals surface area contributed by atoms with Crippen LogP contribution >= 0.6 is 31.9 Å². The van der Waals surface area contributed by atoms with Gasteiger partial charge in [0.2, 0.25) is 0 Å². The van der Waals surface area contributed by atoms with Gasteiger partial charge in [0.05, 0.1) is 9.34 Å². The molecule has 0 bridgehead atoms. The molecule has 3 heteroatoms. The molecular formula is C12H18Br2O. The molecule has 1 N–H and O–H groups in total. The van der Waals surface area contributed by atoms with E-state index in [1.807, 2.05) is 6.08 Å². The number of aliphatic hydroxyl groups is 1.